The molecule has 0 unspecified atom stereocenters. The van der Waals surface area contributed by atoms with Crippen LogP contribution in [0, 0.1) is 0 Å². The second-order valence-corrected chi connectivity index (χ2v) is 9.08. The Hall–Kier alpha value is -3.59. The topological polar surface area (TPSA) is 63.1 Å². The number of alkyl halides is 3. The number of aliphatic imine (C=N–C) groups is 1. The number of aromatic nitrogens is 3. The number of allylic oxidation sites excluding steroid dienone is 3. The van der Waals surface area contributed by atoms with E-state index in [1.54, 1.807) is 29.7 Å². The average Bonchev–Trinajstić information content (AvgIpc) is 3.57. The van der Waals surface area contributed by atoms with Gasteiger partial charge in [-0.15, -0.1) is 11.3 Å². The number of anilines is 2. The third-order valence-electron chi connectivity index (χ3n) is 5.45. The Morgan fingerprint density at radius 1 is 1.18 bits per heavy atom. The van der Waals surface area contributed by atoms with Gasteiger partial charge in [0.15, 0.2) is 0 Å². The molecule has 4 aromatic rings. The summed E-state index contributed by atoms with van der Waals surface area (Å²) in [5, 5.41) is 5.30. The number of hydrogen-bond acceptors (Lipinski definition) is 6. The fourth-order valence-corrected chi connectivity index (χ4v) is 4.70. The van der Waals surface area contributed by atoms with Crippen LogP contribution in [0.2, 0.25) is 0 Å². The summed E-state index contributed by atoms with van der Waals surface area (Å²) in [5.41, 5.74) is 2.08. The summed E-state index contributed by atoms with van der Waals surface area (Å²) in [4.78, 5) is 17.3. The lowest BCUT2D eigenvalue weighted by Gasteiger charge is -2.11. The van der Waals surface area contributed by atoms with Gasteiger partial charge in [0.05, 0.1) is 26.4 Å². The smallest absolute Gasteiger partial charge is 0.340 e. The lowest BCUT2D eigenvalue weighted by atomic mass is 10.1. The molecule has 1 aliphatic carbocycles. The zero-order chi connectivity index (χ0) is 23.9. The molecule has 1 aliphatic rings. The van der Waals surface area contributed by atoms with Gasteiger partial charge < -0.3 is 5.32 Å². The number of rotatable bonds is 6. The van der Waals surface area contributed by atoms with E-state index < -0.39 is 11.9 Å². The average molecular weight is 480 g/mol. The van der Waals surface area contributed by atoms with Crippen molar-refractivity contribution >= 4 is 55.7 Å². The van der Waals surface area contributed by atoms with Gasteiger partial charge in [0.2, 0.25) is 0 Å². The van der Waals surface area contributed by atoms with Crippen LogP contribution in [0.3, 0.4) is 0 Å². The minimum atomic E-state index is -4.54. The van der Waals surface area contributed by atoms with Crippen LogP contribution >= 0.6 is 11.3 Å². The molecule has 1 N–H and O–H groups in total. The third kappa shape index (κ3) is 4.56. The molecule has 1 saturated carbocycles. The fourth-order valence-electron chi connectivity index (χ4n) is 3.52. The van der Waals surface area contributed by atoms with Crippen molar-refractivity contribution in [3.8, 4) is 0 Å². The highest BCUT2D eigenvalue weighted by molar-refractivity contribution is 7.18. The second kappa shape index (κ2) is 8.64. The van der Waals surface area contributed by atoms with Crippen molar-refractivity contribution in [1.29, 1.82) is 0 Å². The summed E-state index contributed by atoms with van der Waals surface area (Å²) in [6.07, 6.45) is 1.50. The van der Waals surface area contributed by atoms with Gasteiger partial charge in [-0.25, -0.2) is 9.97 Å². The van der Waals surface area contributed by atoms with E-state index in [-0.39, 0.29) is 5.57 Å². The highest BCUT2D eigenvalue weighted by Gasteiger charge is 2.32. The van der Waals surface area contributed by atoms with Gasteiger partial charge in [0.25, 0.3) is 0 Å². The maximum Gasteiger partial charge on any atom is 0.433 e. The number of nitrogens with zero attached hydrogens (tertiary/aromatic N) is 4. The molecule has 0 aliphatic heterocycles. The lowest BCUT2D eigenvalue weighted by molar-refractivity contribution is -0.0923. The molecule has 9 heteroatoms. The third-order valence-corrected chi connectivity index (χ3v) is 6.63. The van der Waals surface area contributed by atoms with E-state index in [2.05, 4.69) is 26.9 Å². The number of benzene rings is 1. The lowest BCUT2D eigenvalue weighted by Crippen LogP contribution is -2.10. The van der Waals surface area contributed by atoms with E-state index in [1.165, 1.54) is 24.8 Å². The number of thiazole rings is 1. The first-order valence-corrected chi connectivity index (χ1v) is 11.5. The summed E-state index contributed by atoms with van der Waals surface area (Å²) in [6, 6.07) is 11.3. The van der Waals surface area contributed by atoms with E-state index in [9.17, 15) is 13.2 Å². The molecule has 0 bridgehead atoms. The Balaban J connectivity index is 1.48. The van der Waals surface area contributed by atoms with E-state index >= 15 is 0 Å². The highest BCUT2D eigenvalue weighted by Crippen LogP contribution is 2.43. The largest absolute Gasteiger partial charge is 0.433 e. The highest BCUT2D eigenvalue weighted by atomic mass is 32.1. The van der Waals surface area contributed by atoms with Gasteiger partial charge >= 0.3 is 6.18 Å². The van der Waals surface area contributed by atoms with Crippen LogP contribution in [-0.2, 0) is 0 Å². The number of fused-ring (bicyclic) bond motifs is 2. The molecular weight excluding hydrogens is 459 g/mol. The molecule has 1 fully saturated rings. The summed E-state index contributed by atoms with van der Waals surface area (Å²) >= 11 is 1.71. The van der Waals surface area contributed by atoms with Crippen molar-refractivity contribution in [3.63, 3.8) is 0 Å². The van der Waals surface area contributed by atoms with Crippen molar-refractivity contribution in [2.75, 3.05) is 5.32 Å². The second-order valence-electron chi connectivity index (χ2n) is 8.02. The van der Waals surface area contributed by atoms with E-state index in [0.717, 1.165) is 33.6 Å². The van der Waals surface area contributed by atoms with Gasteiger partial charge in [0, 0.05) is 35.0 Å². The van der Waals surface area contributed by atoms with Crippen LogP contribution in [0.4, 0.5) is 24.7 Å². The molecule has 0 saturated heterocycles. The Labute approximate surface area is 197 Å². The molecule has 5 rings (SSSR count). The first-order chi connectivity index (χ1) is 16.3. The molecule has 0 atom stereocenters. The summed E-state index contributed by atoms with van der Waals surface area (Å²) in [7, 11) is 0. The first kappa shape index (κ1) is 22.2. The van der Waals surface area contributed by atoms with Gasteiger partial charge in [-0.1, -0.05) is 12.7 Å². The van der Waals surface area contributed by atoms with Gasteiger partial charge in [0.1, 0.15) is 11.5 Å². The van der Waals surface area contributed by atoms with Crippen molar-refractivity contribution in [3.05, 3.63) is 71.6 Å². The maximum atomic E-state index is 13.0. The van der Waals surface area contributed by atoms with Gasteiger partial charge in [-0.3, -0.25) is 9.98 Å². The Morgan fingerprint density at radius 2 is 2.00 bits per heavy atom. The van der Waals surface area contributed by atoms with Crippen molar-refractivity contribution < 1.29 is 13.2 Å². The summed E-state index contributed by atoms with van der Waals surface area (Å²) in [6.45, 7) is 5.15. The minimum absolute atomic E-state index is 0.242. The molecule has 0 spiro atoms. The van der Waals surface area contributed by atoms with Crippen LogP contribution in [-0.4, -0.2) is 27.3 Å². The van der Waals surface area contributed by atoms with Gasteiger partial charge in [-0.2, -0.15) is 13.2 Å². The molecule has 172 valence electrons. The number of nitrogens with one attached hydrogen (secondary N) is 1. The van der Waals surface area contributed by atoms with Crippen LogP contribution in [0.15, 0.2) is 65.9 Å². The Morgan fingerprint density at radius 3 is 2.74 bits per heavy atom. The fraction of sp³-hybridized carbons (Fsp3) is 0.200. The number of halogens is 3. The molecule has 3 heterocycles. The Bertz CT molecular complexity index is 1460. The normalized spacial score (nSPS) is 14.9. The van der Waals surface area contributed by atoms with Crippen molar-refractivity contribution in [2.24, 2.45) is 4.99 Å². The standard InChI is InChI=1S/C25H20F3N5S/c1-3-22(25(26,27)28)30-13-14(2)19-12-20-17(5-4-10-29-20)23(32-19)31-16-8-9-18-21(11-16)34-24(33-18)15-6-7-15/h3-5,8-13,15H,2,6-7H2,1H3,(H,31,32)/b22-3-,30-13?. The summed E-state index contributed by atoms with van der Waals surface area (Å²) < 4.78 is 40.1. The predicted octanol–water partition coefficient (Wildman–Crippen LogP) is 7.41. The molecule has 0 radical (unpaired) electrons. The maximum absolute atomic E-state index is 13.0. The van der Waals surface area contributed by atoms with Crippen LogP contribution in [0.5, 0.6) is 0 Å². The monoisotopic (exact) mass is 479 g/mol. The zero-order valence-corrected chi connectivity index (χ0v) is 19.0. The first-order valence-electron chi connectivity index (χ1n) is 10.7. The van der Waals surface area contributed by atoms with Crippen LogP contribution < -0.4 is 5.32 Å². The molecule has 34 heavy (non-hydrogen) atoms. The number of pyridine rings is 2. The van der Waals surface area contributed by atoms with E-state index in [0.29, 0.717) is 22.9 Å². The molecular formula is C25H20F3N5S. The minimum Gasteiger partial charge on any atom is -0.340 e. The zero-order valence-electron chi connectivity index (χ0n) is 18.2. The SMILES string of the molecule is C=C(C=N/C(=C\C)C(F)(F)F)c1cc2ncccc2c(Nc2ccc3nc(C4CC4)sc3c2)n1. The quantitative estimate of drug-likeness (QED) is 0.293. The van der Waals surface area contributed by atoms with Crippen molar-refractivity contribution in [2.45, 2.75) is 31.9 Å². The van der Waals surface area contributed by atoms with Crippen LogP contribution in [0.1, 0.15) is 36.4 Å². The van der Waals surface area contributed by atoms with Gasteiger partial charge in [-0.05, 0) is 56.2 Å². The molecule has 1 aromatic carbocycles. The van der Waals surface area contributed by atoms with E-state index in [4.69, 9.17) is 4.98 Å². The van der Waals surface area contributed by atoms with Crippen LogP contribution in [0.25, 0.3) is 26.7 Å². The Kier molecular flexibility index (Phi) is 5.65. The van der Waals surface area contributed by atoms with E-state index in [1.807, 2.05) is 24.3 Å². The molecule has 5 nitrogen and oxygen atoms in total. The predicted molar refractivity (Wildman–Crippen MR) is 132 cm³/mol. The summed E-state index contributed by atoms with van der Waals surface area (Å²) in [5.74, 6) is 1.12. The number of hydrogen-bond donors (Lipinski definition) is 1. The molecule has 0 amide bonds. The van der Waals surface area contributed by atoms with Crippen molar-refractivity contribution in [1.82, 2.24) is 15.0 Å². The molecule has 3 aromatic heterocycles.